The van der Waals surface area contributed by atoms with E-state index >= 15 is 0 Å². The minimum atomic E-state index is -0.394. The van der Waals surface area contributed by atoms with E-state index < -0.39 is 5.82 Å². The lowest BCUT2D eigenvalue weighted by Gasteiger charge is -2.09. The highest BCUT2D eigenvalue weighted by Crippen LogP contribution is 2.15. The molecule has 2 N–H and O–H groups in total. The summed E-state index contributed by atoms with van der Waals surface area (Å²) in [5, 5.41) is 12.6. The number of hydrogen-bond donors (Lipinski definition) is 2. The normalized spacial score (nSPS) is 12.8. The van der Waals surface area contributed by atoms with Crippen LogP contribution in [-0.2, 0) is 6.54 Å². The molecule has 0 aliphatic carbocycles. The molecule has 0 spiro atoms. The molecule has 1 rings (SSSR count). The van der Waals surface area contributed by atoms with Crippen molar-refractivity contribution in [2.24, 2.45) is 0 Å². The van der Waals surface area contributed by atoms with Gasteiger partial charge in [0.05, 0.1) is 11.1 Å². The van der Waals surface area contributed by atoms with Crippen LogP contribution in [0.2, 0.25) is 5.02 Å². The van der Waals surface area contributed by atoms with E-state index in [4.69, 9.17) is 11.6 Å². The molecule has 0 bridgehead atoms. The molecule has 4 heteroatoms. The SMILES string of the molecule is CCC(O)CCNCc1ccc(Cl)c(F)c1. The highest BCUT2D eigenvalue weighted by molar-refractivity contribution is 6.30. The Balaban J connectivity index is 2.29. The van der Waals surface area contributed by atoms with Crippen molar-refractivity contribution in [1.29, 1.82) is 0 Å². The summed E-state index contributed by atoms with van der Waals surface area (Å²) in [5.41, 5.74) is 0.855. The molecule has 1 aromatic rings. The number of hydrogen-bond acceptors (Lipinski definition) is 2. The Labute approximate surface area is 100 Å². The number of aliphatic hydroxyl groups excluding tert-OH is 1. The van der Waals surface area contributed by atoms with Crippen molar-refractivity contribution in [1.82, 2.24) is 5.32 Å². The lowest BCUT2D eigenvalue weighted by atomic mass is 10.2. The summed E-state index contributed by atoms with van der Waals surface area (Å²) >= 11 is 5.57. The molecule has 1 aromatic carbocycles. The van der Waals surface area contributed by atoms with Crippen molar-refractivity contribution in [3.63, 3.8) is 0 Å². The zero-order chi connectivity index (χ0) is 12.0. The second-order valence-corrected chi connectivity index (χ2v) is 4.18. The fourth-order valence-electron chi connectivity index (χ4n) is 1.36. The predicted octanol–water partition coefficient (Wildman–Crippen LogP) is 2.73. The third-order valence-electron chi connectivity index (χ3n) is 2.44. The van der Waals surface area contributed by atoms with Gasteiger partial charge in [-0.1, -0.05) is 24.6 Å². The van der Waals surface area contributed by atoms with Gasteiger partial charge in [0.15, 0.2) is 0 Å². The van der Waals surface area contributed by atoms with Crippen LogP contribution in [0.5, 0.6) is 0 Å². The largest absolute Gasteiger partial charge is 0.393 e. The van der Waals surface area contributed by atoms with Crippen molar-refractivity contribution < 1.29 is 9.50 Å². The van der Waals surface area contributed by atoms with Crippen molar-refractivity contribution in [2.75, 3.05) is 6.54 Å². The van der Waals surface area contributed by atoms with Crippen molar-refractivity contribution in [2.45, 2.75) is 32.4 Å². The standard InChI is InChI=1S/C12H17ClFNO/c1-2-10(16)5-6-15-8-9-3-4-11(13)12(14)7-9/h3-4,7,10,15-16H,2,5-6,8H2,1H3. The average molecular weight is 246 g/mol. The van der Waals surface area contributed by atoms with Crippen LogP contribution < -0.4 is 5.32 Å². The summed E-state index contributed by atoms with van der Waals surface area (Å²) in [6.45, 7) is 3.25. The summed E-state index contributed by atoms with van der Waals surface area (Å²) < 4.78 is 13.1. The minimum absolute atomic E-state index is 0.144. The van der Waals surface area contributed by atoms with Crippen LogP contribution in [0, 0.1) is 5.82 Å². The van der Waals surface area contributed by atoms with E-state index in [2.05, 4.69) is 5.32 Å². The second-order valence-electron chi connectivity index (χ2n) is 3.78. The van der Waals surface area contributed by atoms with Gasteiger partial charge in [-0.3, -0.25) is 0 Å². The number of aliphatic hydroxyl groups is 1. The van der Waals surface area contributed by atoms with E-state index in [0.29, 0.717) is 13.0 Å². The lowest BCUT2D eigenvalue weighted by Crippen LogP contribution is -2.19. The first-order valence-electron chi connectivity index (χ1n) is 5.46. The maximum Gasteiger partial charge on any atom is 0.142 e. The molecule has 0 amide bonds. The van der Waals surface area contributed by atoms with Gasteiger partial charge in [0.1, 0.15) is 5.82 Å². The molecule has 0 aliphatic heterocycles. The molecule has 0 aromatic heterocycles. The average Bonchev–Trinajstić information content (AvgIpc) is 2.28. The van der Waals surface area contributed by atoms with Crippen LogP contribution in [0.15, 0.2) is 18.2 Å². The summed E-state index contributed by atoms with van der Waals surface area (Å²) in [6.07, 6.45) is 1.22. The maximum atomic E-state index is 13.1. The van der Waals surface area contributed by atoms with E-state index in [0.717, 1.165) is 18.5 Å². The number of rotatable bonds is 6. The second kappa shape index (κ2) is 6.84. The van der Waals surface area contributed by atoms with Gasteiger partial charge in [0.2, 0.25) is 0 Å². The number of nitrogens with one attached hydrogen (secondary N) is 1. The lowest BCUT2D eigenvalue weighted by molar-refractivity contribution is 0.159. The quantitative estimate of drug-likeness (QED) is 0.756. The molecular formula is C12H17ClFNO. The summed E-state index contributed by atoms with van der Waals surface area (Å²) in [6, 6.07) is 4.76. The third-order valence-corrected chi connectivity index (χ3v) is 2.75. The first kappa shape index (κ1) is 13.4. The maximum absolute atomic E-state index is 13.1. The fourth-order valence-corrected chi connectivity index (χ4v) is 1.47. The van der Waals surface area contributed by atoms with Gasteiger partial charge >= 0.3 is 0 Å². The fraction of sp³-hybridized carbons (Fsp3) is 0.500. The van der Waals surface area contributed by atoms with Gasteiger partial charge in [-0.15, -0.1) is 0 Å². The molecule has 0 saturated heterocycles. The first-order valence-corrected chi connectivity index (χ1v) is 5.84. The van der Waals surface area contributed by atoms with Crippen molar-refractivity contribution in [3.05, 3.63) is 34.6 Å². The molecular weight excluding hydrogens is 229 g/mol. The van der Waals surface area contributed by atoms with E-state index in [9.17, 15) is 9.50 Å². The zero-order valence-electron chi connectivity index (χ0n) is 9.34. The van der Waals surface area contributed by atoms with Gasteiger partial charge in [-0.2, -0.15) is 0 Å². The first-order chi connectivity index (χ1) is 7.63. The van der Waals surface area contributed by atoms with Gasteiger partial charge < -0.3 is 10.4 Å². The number of halogens is 2. The molecule has 90 valence electrons. The summed E-state index contributed by atoms with van der Waals surface area (Å²) in [5.74, 6) is -0.394. The van der Waals surface area contributed by atoms with Gasteiger partial charge in [-0.05, 0) is 37.1 Å². The molecule has 0 fully saturated rings. The Morgan fingerprint density at radius 3 is 2.88 bits per heavy atom. The molecule has 0 aliphatic rings. The van der Waals surface area contributed by atoms with Crippen molar-refractivity contribution >= 4 is 11.6 Å². The molecule has 0 radical (unpaired) electrons. The molecule has 16 heavy (non-hydrogen) atoms. The van der Waals surface area contributed by atoms with Crippen LogP contribution in [0.4, 0.5) is 4.39 Å². The van der Waals surface area contributed by atoms with E-state index in [1.54, 1.807) is 12.1 Å². The van der Waals surface area contributed by atoms with Gasteiger partial charge in [0, 0.05) is 6.54 Å². The Bertz CT molecular complexity index is 333. The van der Waals surface area contributed by atoms with Crippen LogP contribution in [0.25, 0.3) is 0 Å². The minimum Gasteiger partial charge on any atom is -0.393 e. The van der Waals surface area contributed by atoms with E-state index in [1.807, 2.05) is 6.92 Å². The monoisotopic (exact) mass is 245 g/mol. The van der Waals surface area contributed by atoms with Crippen LogP contribution in [0.3, 0.4) is 0 Å². The molecule has 2 nitrogen and oxygen atoms in total. The van der Waals surface area contributed by atoms with E-state index in [-0.39, 0.29) is 11.1 Å². The van der Waals surface area contributed by atoms with Crippen LogP contribution >= 0.6 is 11.6 Å². The van der Waals surface area contributed by atoms with E-state index in [1.165, 1.54) is 6.07 Å². The highest BCUT2D eigenvalue weighted by atomic mass is 35.5. The Morgan fingerprint density at radius 2 is 2.25 bits per heavy atom. The molecule has 0 saturated carbocycles. The molecule has 1 atom stereocenters. The predicted molar refractivity (Wildman–Crippen MR) is 64.0 cm³/mol. The Kier molecular flexibility index (Phi) is 5.74. The molecule has 0 heterocycles. The number of benzene rings is 1. The smallest absolute Gasteiger partial charge is 0.142 e. The van der Waals surface area contributed by atoms with Crippen molar-refractivity contribution in [3.8, 4) is 0 Å². The zero-order valence-corrected chi connectivity index (χ0v) is 10.1. The van der Waals surface area contributed by atoms with Gasteiger partial charge in [0.25, 0.3) is 0 Å². The highest BCUT2D eigenvalue weighted by Gasteiger charge is 2.02. The summed E-state index contributed by atoms with van der Waals surface area (Å²) in [7, 11) is 0. The topological polar surface area (TPSA) is 32.3 Å². The Morgan fingerprint density at radius 1 is 1.50 bits per heavy atom. The molecule has 1 unspecified atom stereocenters. The van der Waals surface area contributed by atoms with Crippen LogP contribution in [0.1, 0.15) is 25.3 Å². The Hall–Kier alpha value is -0.640. The van der Waals surface area contributed by atoms with Gasteiger partial charge in [-0.25, -0.2) is 4.39 Å². The third kappa shape index (κ3) is 4.47. The van der Waals surface area contributed by atoms with Crippen LogP contribution in [-0.4, -0.2) is 17.8 Å². The summed E-state index contributed by atoms with van der Waals surface area (Å²) in [4.78, 5) is 0.